The Labute approximate surface area is 93.2 Å². The molecule has 0 unspecified atom stereocenters. The van der Waals surface area contributed by atoms with Gasteiger partial charge in [0.2, 0.25) is 0 Å². The fraction of sp³-hybridized carbons (Fsp3) is 1.00. The second-order valence-electron chi connectivity index (χ2n) is 3.80. The predicted octanol–water partition coefficient (Wildman–Crippen LogP) is 1.08. The third kappa shape index (κ3) is 4.07. The van der Waals surface area contributed by atoms with E-state index in [1.165, 1.54) is 0 Å². The van der Waals surface area contributed by atoms with Crippen molar-refractivity contribution in [3.8, 4) is 0 Å². The van der Waals surface area contributed by atoms with E-state index < -0.39 is 6.29 Å². The predicted molar refractivity (Wildman–Crippen MR) is 60.8 cm³/mol. The van der Waals surface area contributed by atoms with Gasteiger partial charge in [-0.05, 0) is 27.4 Å². The maximum Gasteiger partial charge on any atom is 0.182 e. The lowest BCUT2D eigenvalue weighted by atomic mass is 9.99. The van der Waals surface area contributed by atoms with Crippen molar-refractivity contribution in [1.29, 1.82) is 0 Å². The summed E-state index contributed by atoms with van der Waals surface area (Å²) in [4.78, 5) is 2.07. The molecule has 0 aromatic rings. The molecule has 0 aliphatic carbocycles. The standard InChI is InChI=1S/C9H19NO3.C2H6/c1-6-5-7(10(2)3)8(12-4)9(11)13-6;1-2/h6-9,11H,5H2,1-4H3;1-2H3/t6-,7+,8-,9-;/m1./s1. The number of nitrogens with zero attached hydrogens (tertiary/aromatic N) is 1. The normalized spacial score (nSPS) is 36.0. The van der Waals surface area contributed by atoms with E-state index in [1.807, 2.05) is 34.9 Å². The molecule has 0 bridgehead atoms. The van der Waals surface area contributed by atoms with Crippen LogP contribution in [0.2, 0.25) is 0 Å². The highest BCUT2D eigenvalue weighted by Gasteiger charge is 2.37. The van der Waals surface area contributed by atoms with Crippen LogP contribution in [0.1, 0.15) is 27.2 Å². The first-order valence-corrected chi connectivity index (χ1v) is 5.59. The van der Waals surface area contributed by atoms with Crippen LogP contribution in [-0.4, -0.2) is 55.8 Å². The van der Waals surface area contributed by atoms with Gasteiger partial charge in [0.25, 0.3) is 0 Å². The summed E-state index contributed by atoms with van der Waals surface area (Å²) in [6.07, 6.45) is -0.0658. The van der Waals surface area contributed by atoms with Crippen molar-refractivity contribution in [2.24, 2.45) is 0 Å². The zero-order valence-electron chi connectivity index (χ0n) is 10.7. The van der Waals surface area contributed by atoms with Crippen LogP contribution >= 0.6 is 0 Å². The first-order valence-electron chi connectivity index (χ1n) is 5.59. The van der Waals surface area contributed by atoms with Gasteiger partial charge in [-0.3, -0.25) is 0 Å². The van der Waals surface area contributed by atoms with Crippen LogP contribution < -0.4 is 0 Å². The molecule has 4 atom stereocenters. The molecule has 92 valence electrons. The Bertz CT molecular complexity index is 164. The number of aliphatic hydroxyl groups is 1. The molecule has 4 nitrogen and oxygen atoms in total. The molecule has 1 saturated heterocycles. The fourth-order valence-corrected chi connectivity index (χ4v) is 1.81. The molecule has 0 saturated carbocycles. The summed E-state index contributed by atoms with van der Waals surface area (Å²) in [5.41, 5.74) is 0. The molecule has 0 amide bonds. The van der Waals surface area contributed by atoms with E-state index >= 15 is 0 Å². The lowest BCUT2D eigenvalue weighted by Gasteiger charge is -2.40. The first-order chi connectivity index (χ1) is 7.06. The smallest absolute Gasteiger partial charge is 0.182 e. The Kier molecular flexibility index (Phi) is 7.09. The number of aliphatic hydroxyl groups excluding tert-OH is 1. The second kappa shape index (κ2) is 7.17. The summed E-state index contributed by atoms with van der Waals surface area (Å²) in [6, 6.07) is 0.226. The Morgan fingerprint density at radius 3 is 2.27 bits per heavy atom. The molecule has 15 heavy (non-hydrogen) atoms. The van der Waals surface area contributed by atoms with Gasteiger partial charge in [0, 0.05) is 13.2 Å². The molecule has 1 rings (SSSR count). The number of methoxy groups -OCH3 is 1. The van der Waals surface area contributed by atoms with Gasteiger partial charge >= 0.3 is 0 Å². The summed E-state index contributed by atoms with van der Waals surface area (Å²) in [7, 11) is 5.58. The monoisotopic (exact) mass is 219 g/mol. The molecule has 0 aromatic heterocycles. The van der Waals surface area contributed by atoms with Gasteiger partial charge in [0.15, 0.2) is 6.29 Å². The molecule has 1 aliphatic heterocycles. The van der Waals surface area contributed by atoms with Crippen molar-refractivity contribution in [2.75, 3.05) is 21.2 Å². The first kappa shape index (κ1) is 14.8. The zero-order valence-corrected chi connectivity index (χ0v) is 10.7. The lowest BCUT2D eigenvalue weighted by Crippen LogP contribution is -2.54. The number of hydrogen-bond acceptors (Lipinski definition) is 4. The van der Waals surface area contributed by atoms with E-state index in [2.05, 4.69) is 4.90 Å². The van der Waals surface area contributed by atoms with Crippen LogP contribution in [0.15, 0.2) is 0 Å². The molecule has 1 aliphatic rings. The van der Waals surface area contributed by atoms with Gasteiger partial charge in [-0.25, -0.2) is 0 Å². The third-order valence-corrected chi connectivity index (χ3v) is 2.54. The minimum atomic E-state index is -0.804. The van der Waals surface area contributed by atoms with E-state index in [1.54, 1.807) is 7.11 Å². The summed E-state index contributed by atoms with van der Waals surface area (Å²) >= 11 is 0. The van der Waals surface area contributed by atoms with E-state index in [0.717, 1.165) is 6.42 Å². The molecule has 1 N–H and O–H groups in total. The van der Waals surface area contributed by atoms with Crippen molar-refractivity contribution in [2.45, 2.75) is 51.7 Å². The average molecular weight is 219 g/mol. The van der Waals surface area contributed by atoms with E-state index in [9.17, 15) is 5.11 Å². The van der Waals surface area contributed by atoms with Crippen molar-refractivity contribution in [3.05, 3.63) is 0 Å². The second-order valence-corrected chi connectivity index (χ2v) is 3.80. The molecule has 4 heteroatoms. The zero-order chi connectivity index (χ0) is 12.0. The fourth-order valence-electron chi connectivity index (χ4n) is 1.81. The van der Waals surface area contributed by atoms with Gasteiger partial charge in [0.05, 0.1) is 6.10 Å². The van der Waals surface area contributed by atoms with E-state index in [0.29, 0.717) is 0 Å². The van der Waals surface area contributed by atoms with Crippen LogP contribution in [0.4, 0.5) is 0 Å². The molecule has 1 heterocycles. The average Bonchev–Trinajstić information content (AvgIpc) is 2.19. The Morgan fingerprint density at radius 2 is 1.87 bits per heavy atom. The molecule has 0 spiro atoms. The van der Waals surface area contributed by atoms with Gasteiger partial charge in [-0.2, -0.15) is 0 Å². The summed E-state index contributed by atoms with van der Waals surface area (Å²) in [5, 5.41) is 9.58. The van der Waals surface area contributed by atoms with Crippen LogP contribution in [0.3, 0.4) is 0 Å². The molecule has 1 fully saturated rings. The Morgan fingerprint density at radius 1 is 1.33 bits per heavy atom. The highest BCUT2D eigenvalue weighted by molar-refractivity contribution is 4.85. The largest absolute Gasteiger partial charge is 0.375 e. The molecular formula is C11H25NO3. The van der Waals surface area contributed by atoms with Crippen molar-refractivity contribution in [1.82, 2.24) is 4.90 Å². The SMILES string of the molecule is CC.CO[C@H]1[C@H](O)O[C@H](C)C[C@@H]1N(C)C. The Hall–Kier alpha value is -0.160. The van der Waals surface area contributed by atoms with Gasteiger partial charge in [-0.1, -0.05) is 13.8 Å². The minimum absolute atomic E-state index is 0.0915. The molecule has 0 radical (unpaired) electrons. The molecular weight excluding hydrogens is 194 g/mol. The third-order valence-electron chi connectivity index (χ3n) is 2.54. The van der Waals surface area contributed by atoms with Crippen LogP contribution in [0, 0.1) is 0 Å². The quantitative estimate of drug-likeness (QED) is 0.755. The van der Waals surface area contributed by atoms with Gasteiger partial charge in [-0.15, -0.1) is 0 Å². The van der Waals surface area contributed by atoms with Crippen LogP contribution in [-0.2, 0) is 9.47 Å². The molecule has 0 aromatic carbocycles. The van der Waals surface area contributed by atoms with Crippen LogP contribution in [0.5, 0.6) is 0 Å². The number of likely N-dealkylation sites (N-methyl/N-ethyl adjacent to an activating group) is 1. The van der Waals surface area contributed by atoms with Gasteiger partial charge < -0.3 is 19.5 Å². The van der Waals surface area contributed by atoms with Crippen molar-refractivity contribution >= 4 is 0 Å². The number of rotatable bonds is 2. The lowest BCUT2D eigenvalue weighted by molar-refractivity contribution is -0.237. The van der Waals surface area contributed by atoms with Crippen molar-refractivity contribution in [3.63, 3.8) is 0 Å². The summed E-state index contributed by atoms with van der Waals surface area (Å²) in [6.45, 7) is 5.96. The topological polar surface area (TPSA) is 41.9 Å². The summed E-state index contributed by atoms with van der Waals surface area (Å²) in [5.74, 6) is 0. The number of ether oxygens (including phenoxy) is 2. The summed E-state index contributed by atoms with van der Waals surface area (Å²) < 4.78 is 10.5. The highest BCUT2D eigenvalue weighted by atomic mass is 16.6. The highest BCUT2D eigenvalue weighted by Crippen LogP contribution is 2.23. The maximum atomic E-state index is 9.58. The van der Waals surface area contributed by atoms with E-state index in [-0.39, 0.29) is 18.2 Å². The van der Waals surface area contributed by atoms with Gasteiger partial charge in [0.1, 0.15) is 6.10 Å². The number of hydrogen-bond donors (Lipinski definition) is 1. The van der Waals surface area contributed by atoms with Crippen LogP contribution in [0.25, 0.3) is 0 Å². The minimum Gasteiger partial charge on any atom is -0.375 e. The maximum absolute atomic E-state index is 9.58. The van der Waals surface area contributed by atoms with Crippen molar-refractivity contribution < 1.29 is 14.6 Å². The Balaban J connectivity index is 0.000000921. The van der Waals surface area contributed by atoms with E-state index in [4.69, 9.17) is 9.47 Å².